The molecule has 0 bridgehead atoms. The Bertz CT molecular complexity index is 890. The highest BCUT2D eigenvalue weighted by Gasteiger charge is 2.17. The van der Waals surface area contributed by atoms with Crippen LogP contribution in [0.3, 0.4) is 0 Å². The number of sulfonamides is 1. The summed E-state index contributed by atoms with van der Waals surface area (Å²) in [6.45, 7) is 4.62. The van der Waals surface area contributed by atoms with Gasteiger partial charge in [-0.15, -0.1) is 0 Å². The predicted octanol–water partition coefficient (Wildman–Crippen LogP) is 3.90. The summed E-state index contributed by atoms with van der Waals surface area (Å²) in [4.78, 5) is 2.08. The van der Waals surface area contributed by atoms with Gasteiger partial charge in [-0.05, 0) is 36.8 Å². The van der Waals surface area contributed by atoms with E-state index >= 15 is 0 Å². The van der Waals surface area contributed by atoms with Crippen LogP contribution < -0.4 is 9.62 Å². The van der Waals surface area contributed by atoms with Gasteiger partial charge in [-0.1, -0.05) is 41.4 Å². The van der Waals surface area contributed by atoms with Crippen LogP contribution in [0, 0.1) is 6.92 Å². The molecule has 0 amide bonds. The van der Waals surface area contributed by atoms with E-state index in [1.54, 1.807) is 18.2 Å². The van der Waals surface area contributed by atoms with Crippen molar-refractivity contribution in [3.8, 4) is 0 Å². The lowest BCUT2D eigenvalue weighted by molar-refractivity contribution is 0.123. The fraction of sp³-hybridized carbons (Fsp3) is 0.263. The molecule has 1 aliphatic rings. The number of ether oxygens (including phenoxy) is 1. The summed E-state index contributed by atoms with van der Waals surface area (Å²) in [7, 11) is -3.67. The third kappa shape index (κ3) is 5.00. The highest BCUT2D eigenvalue weighted by atomic mass is 35.5. The molecule has 138 valence electrons. The van der Waals surface area contributed by atoms with Gasteiger partial charge in [0.25, 0.3) is 10.0 Å². The van der Waals surface area contributed by atoms with Gasteiger partial charge in [-0.2, -0.15) is 0 Å². The average Bonchev–Trinajstić information content (AvgIpc) is 2.62. The maximum Gasteiger partial charge on any atom is 0.255 e. The molecule has 3 rings (SSSR count). The first-order valence-electron chi connectivity index (χ1n) is 8.33. The average molecular weight is 393 g/mol. The van der Waals surface area contributed by atoms with Gasteiger partial charge in [0.05, 0.1) is 30.0 Å². The van der Waals surface area contributed by atoms with Gasteiger partial charge in [0.15, 0.2) is 0 Å². The van der Waals surface area contributed by atoms with Crippen LogP contribution in [0.15, 0.2) is 47.9 Å². The summed E-state index contributed by atoms with van der Waals surface area (Å²) < 4.78 is 33.0. The molecule has 1 heterocycles. The number of hydrogen-bond donors (Lipinski definition) is 1. The van der Waals surface area contributed by atoms with Crippen LogP contribution in [0.1, 0.15) is 11.1 Å². The van der Waals surface area contributed by atoms with E-state index in [2.05, 4.69) is 9.62 Å². The van der Waals surface area contributed by atoms with Crippen LogP contribution in [0.2, 0.25) is 5.02 Å². The molecule has 0 unspecified atom stereocenters. The van der Waals surface area contributed by atoms with Gasteiger partial charge in [0.2, 0.25) is 0 Å². The molecule has 1 aliphatic heterocycles. The number of hydrogen-bond acceptors (Lipinski definition) is 4. The largest absolute Gasteiger partial charge is 0.378 e. The number of aryl methyl sites for hydroxylation is 1. The summed E-state index contributed by atoms with van der Waals surface area (Å²) >= 11 is 6.08. The van der Waals surface area contributed by atoms with Gasteiger partial charge >= 0.3 is 0 Å². The Balaban J connectivity index is 1.82. The predicted molar refractivity (Wildman–Crippen MR) is 107 cm³/mol. The highest BCUT2D eigenvalue weighted by Crippen LogP contribution is 2.30. The number of halogens is 1. The molecule has 0 radical (unpaired) electrons. The van der Waals surface area contributed by atoms with Crippen LogP contribution in [-0.4, -0.2) is 34.7 Å². The van der Waals surface area contributed by atoms with Gasteiger partial charge in [0, 0.05) is 18.1 Å². The summed E-state index contributed by atoms with van der Waals surface area (Å²) in [6, 6.07) is 12.8. The minimum atomic E-state index is -3.67. The Labute approximate surface area is 159 Å². The van der Waals surface area contributed by atoms with E-state index in [-0.39, 0.29) is 0 Å². The molecule has 26 heavy (non-hydrogen) atoms. The van der Waals surface area contributed by atoms with Crippen molar-refractivity contribution in [1.82, 2.24) is 0 Å². The van der Waals surface area contributed by atoms with Crippen LogP contribution in [-0.2, 0) is 14.8 Å². The van der Waals surface area contributed by atoms with Crippen molar-refractivity contribution in [2.75, 3.05) is 35.9 Å². The van der Waals surface area contributed by atoms with Gasteiger partial charge in [-0.3, -0.25) is 4.72 Å². The topological polar surface area (TPSA) is 58.6 Å². The van der Waals surface area contributed by atoms with Crippen molar-refractivity contribution in [3.63, 3.8) is 0 Å². The first-order valence-corrected chi connectivity index (χ1v) is 10.3. The van der Waals surface area contributed by atoms with Crippen LogP contribution in [0.25, 0.3) is 6.08 Å². The van der Waals surface area contributed by atoms with Crippen molar-refractivity contribution < 1.29 is 13.2 Å². The first-order chi connectivity index (χ1) is 12.4. The molecule has 0 atom stereocenters. The molecule has 0 spiro atoms. The Hall–Kier alpha value is -2.02. The number of anilines is 2. The van der Waals surface area contributed by atoms with E-state index in [0.29, 0.717) is 37.0 Å². The fourth-order valence-electron chi connectivity index (χ4n) is 2.70. The molecule has 2 aromatic rings. The lowest BCUT2D eigenvalue weighted by Gasteiger charge is -2.30. The Morgan fingerprint density at radius 1 is 1.12 bits per heavy atom. The number of rotatable bonds is 5. The summed E-state index contributed by atoms with van der Waals surface area (Å²) in [6.07, 6.45) is 1.57. The number of nitrogens with one attached hydrogen (secondary N) is 1. The lowest BCUT2D eigenvalue weighted by atomic mass is 10.2. The minimum Gasteiger partial charge on any atom is -0.378 e. The van der Waals surface area contributed by atoms with Gasteiger partial charge in [0.1, 0.15) is 0 Å². The SMILES string of the molecule is Cc1ccc(/C=C/S(=O)(=O)Nc2cc(Cl)ccc2N2CCOCC2)cc1. The van der Waals surface area contributed by atoms with E-state index in [4.69, 9.17) is 16.3 Å². The van der Waals surface area contributed by atoms with Crippen LogP contribution >= 0.6 is 11.6 Å². The molecular weight excluding hydrogens is 372 g/mol. The summed E-state index contributed by atoms with van der Waals surface area (Å²) in [5.41, 5.74) is 3.20. The van der Waals surface area contributed by atoms with E-state index in [0.717, 1.165) is 16.8 Å². The second-order valence-corrected chi connectivity index (χ2v) is 8.12. The monoisotopic (exact) mass is 392 g/mol. The van der Waals surface area contributed by atoms with E-state index in [1.807, 2.05) is 37.3 Å². The van der Waals surface area contributed by atoms with Crippen molar-refractivity contribution in [1.29, 1.82) is 0 Å². The van der Waals surface area contributed by atoms with Crippen molar-refractivity contribution in [3.05, 3.63) is 64.0 Å². The Kier molecular flexibility index (Phi) is 5.86. The maximum absolute atomic E-state index is 12.5. The minimum absolute atomic E-state index is 0.466. The van der Waals surface area contributed by atoms with E-state index < -0.39 is 10.0 Å². The third-order valence-electron chi connectivity index (χ3n) is 4.08. The van der Waals surface area contributed by atoms with Gasteiger partial charge in [-0.25, -0.2) is 8.42 Å². The highest BCUT2D eigenvalue weighted by molar-refractivity contribution is 7.95. The third-order valence-corrected chi connectivity index (χ3v) is 5.31. The smallest absolute Gasteiger partial charge is 0.255 e. The second kappa shape index (κ2) is 8.12. The molecule has 2 aromatic carbocycles. The number of nitrogens with zero attached hydrogens (tertiary/aromatic N) is 1. The Morgan fingerprint density at radius 2 is 1.81 bits per heavy atom. The van der Waals surface area contributed by atoms with E-state index in [9.17, 15) is 8.42 Å². The molecule has 0 aliphatic carbocycles. The molecule has 5 nitrogen and oxygen atoms in total. The molecule has 1 saturated heterocycles. The summed E-state index contributed by atoms with van der Waals surface area (Å²) in [5.74, 6) is 0. The summed E-state index contributed by atoms with van der Waals surface area (Å²) in [5, 5.41) is 1.64. The zero-order chi connectivity index (χ0) is 18.6. The Morgan fingerprint density at radius 3 is 2.50 bits per heavy atom. The molecule has 7 heteroatoms. The molecule has 1 N–H and O–H groups in total. The fourth-order valence-corrected chi connectivity index (χ4v) is 3.75. The molecular formula is C19H21ClN2O3S. The number of benzene rings is 2. The lowest BCUT2D eigenvalue weighted by Crippen LogP contribution is -2.36. The van der Waals surface area contributed by atoms with Crippen LogP contribution in [0.4, 0.5) is 11.4 Å². The van der Waals surface area contributed by atoms with Gasteiger partial charge < -0.3 is 9.64 Å². The first kappa shape index (κ1) is 18.8. The zero-order valence-corrected chi connectivity index (χ0v) is 16.1. The maximum atomic E-state index is 12.5. The zero-order valence-electron chi connectivity index (χ0n) is 14.5. The van der Waals surface area contributed by atoms with E-state index in [1.165, 1.54) is 5.41 Å². The normalized spacial score (nSPS) is 15.4. The van der Waals surface area contributed by atoms with Crippen LogP contribution in [0.5, 0.6) is 0 Å². The van der Waals surface area contributed by atoms with Crippen molar-refractivity contribution in [2.24, 2.45) is 0 Å². The second-order valence-electron chi connectivity index (χ2n) is 6.12. The molecule has 0 aromatic heterocycles. The molecule has 0 saturated carbocycles. The van der Waals surface area contributed by atoms with Crippen molar-refractivity contribution in [2.45, 2.75) is 6.92 Å². The van der Waals surface area contributed by atoms with Crippen molar-refractivity contribution >= 4 is 39.1 Å². The number of morpholine rings is 1. The molecule has 1 fully saturated rings. The quantitative estimate of drug-likeness (QED) is 0.838. The standard InChI is InChI=1S/C19H21ClN2O3S/c1-15-2-4-16(5-3-15)8-13-26(23,24)21-18-14-17(20)6-7-19(18)22-9-11-25-12-10-22/h2-8,13-14,21H,9-12H2,1H3/b13-8+.